The number of carbonyl (C=O) groups is 1. The standard InChI is InChI=1S/C11H22N2OS/c1-2-9(12)7-15-8-11(14)13-10-5-3-4-6-10/h9-10H,2-8,12H2,1H3,(H,13,14). The molecule has 0 spiro atoms. The van der Waals surface area contributed by atoms with Crippen molar-refractivity contribution in [3.63, 3.8) is 0 Å². The van der Waals surface area contributed by atoms with Crippen molar-refractivity contribution < 1.29 is 4.79 Å². The fraction of sp³-hybridized carbons (Fsp3) is 0.909. The van der Waals surface area contributed by atoms with Crippen molar-refractivity contribution in [1.82, 2.24) is 5.32 Å². The van der Waals surface area contributed by atoms with Gasteiger partial charge in [-0.2, -0.15) is 11.8 Å². The molecule has 0 aromatic carbocycles. The van der Waals surface area contributed by atoms with Crippen molar-refractivity contribution >= 4 is 17.7 Å². The Morgan fingerprint density at radius 1 is 1.53 bits per heavy atom. The normalized spacial score (nSPS) is 19.1. The first-order chi connectivity index (χ1) is 7.22. The Morgan fingerprint density at radius 2 is 2.20 bits per heavy atom. The van der Waals surface area contributed by atoms with Crippen LogP contribution in [0.25, 0.3) is 0 Å². The largest absolute Gasteiger partial charge is 0.353 e. The molecular weight excluding hydrogens is 208 g/mol. The molecule has 0 aliphatic heterocycles. The Bertz CT molecular complexity index is 193. The number of nitrogens with two attached hydrogens (primary N) is 1. The van der Waals surface area contributed by atoms with E-state index in [1.807, 2.05) is 0 Å². The van der Waals surface area contributed by atoms with E-state index < -0.39 is 0 Å². The number of hydrogen-bond donors (Lipinski definition) is 2. The number of nitrogens with one attached hydrogen (secondary N) is 1. The first kappa shape index (κ1) is 12.8. The predicted molar refractivity (Wildman–Crippen MR) is 66.0 cm³/mol. The van der Waals surface area contributed by atoms with Crippen molar-refractivity contribution in [1.29, 1.82) is 0 Å². The molecule has 0 bridgehead atoms. The summed E-state index contributed by atoms with van der Waals surface area (Å²) < 4.78 is 0. The zero-order chi connectivity index (χ0) is 11.1. The highest BCUT2D eigenvalue weighted by molar-refractivity contribution is 7.99. The van der Waals surface area contributed by atoms with Gasteiger partial charge >= 0.3 is 0 Å². The molecule has 1 amide bonds. The van der Waals surface area contributed by atoms with Crippen LogP contribution in [0.4, 0.5) is 0 Å². The summed E-state index contributed by atoms with van der Waals surface area (Å²) in [6.45, 7) is 2.07. The third-order valence-electron chi connectivity index (χ3n) is 2.81. The SMILES string of the molecule is CCC(N)CSCC(=O)NC1CCCC1. The first-order valence-corrected chi connectivity index (χ1v) is 7.00. The van der Waals surface area contributed by atoms with E-state index in [-0.39, 0.29) is 11.9 Å². The second-order valence-electron chi connectivity index (χ2n) is 4.23. The average Bonchev–Trinajstić information content (AvgIpc) is 2.70. The molecule has 0 aromatic rings. The molecule has 1 aliphatic rings. The monoisotopic (exact) mass is 230 g/mol. The zero-order valence-corrected chi connectivity index (χ0v) is 10.3. The maximum Gasteiger partial charge on any atom is 0.230 e. The van der Waals surface area contributed by atoms with E-state index in [4.69, 9.17) is 5.73 Å². The molecule has 1 fully saturated rings. The van der Waals surface area contributed by atoms with Gasteiger partial charge in [0.2, 0.25) is 5.91 Å². The van der Waals surface area contributed by atoms with Crippen molar-refractivity contribution in [3.8, 4) is 0 Å². The summed E-state index contributed by atoms with van der Waals surface area (Å²) in [4.78, 5) is 11.5. The lowest BCUT2D eigenvalue weighted by atomic mass is 10.2. The van der Waals surface area contributed by atoms with Crippen LogP contribution < -0.4 is 11.1 Å². The fourth-order valence-electron chi connectivity index (χ4n) is 1.76. The molecule has 88 valence electrons. The molecule has 1 rings (SSSR count). The molecule has 1 aliphatic carbocycles. The number of carbonyl (C=O) groups excluding carboxylic acids is 1. The lowest BCUT2D eigenvalue weighted by molar-refractivity contribution is -0.119. The second kappa shape index (κ2) is 7.12. The van der Waals surface area contributed by atoms with Crippen LogP contribution in [-0.2, 0) is 4.79 Å². The Morgan fingerprint density at radius 3 is 2.80 bits per heavy atom. The summed E-state index contributed by atoms with van der Waals surface area (Å²) in [5.41, 5.74) is 5.77. The van der Waals surface area contributed by atoms with Gasteiger partial charge in [0.1, 0.15) is 0 Å². The maximum atomic E-state index is 11.5. The van der Waals surface area contributed by atoms with Gasteiger partial charge in [-0.05, 0) is 19.3 Å². The van der Waals surface area contributed by atoms with Crippen LogP contribution in [0.15, 0.2) is 0 Å². The molecular formula is C11H22N2OS. The van der Waals surface area contributed by atoms with Gasteiger partial charge in [0.15, 0.2) is 0 Å². The van der Waals surface area contributed by atoms with Crippen LogP contribution >= 0.6 is 11.8 Å². The quantitative estimate of drug-likeness (QED) is 0.727. The summed E-state index contributed by atoms with van der Waals surface area (Å²) in [6.07, 6.45) is 5.82. The molecule has 1 atom stereocenters. The highest BCUT2D eigenvalue weighted by Gasteiger charge is 2.16. The van der Waals surface area contributed by atoms with Gasteiger partial charge in [-0.25, -0.2) is 0 Å². The fourth-order valence-corrected chi connectivity index (χ4v) is 2.69. The van der Waals surface area contributed by atoms with E-state index >= 15 is 0 Å². The summed E-state index contributed by atoms with van der Waals surface area (Å²) in [5.74, 6) is 1.62. The van der Waals surface area contributed by atoms with Gasteiger partial charge in [0.25, 0.3) is 0 Å². The number of thioether (sulfide) groups is 1. The van der Waals surface area contributed by atoms with E-state index in [1.165, 1.54) is 12.8 Å². The molecule has 4 heteroatoms. The zero-order valence-electron chi connectivity index (χ0n) is 9.50. The topological polar surface area (TPSA) is 55.1 Å². The smallest absolute Gasteiger partial charge is 0.230 e. The molecule has 0 aromatic heterocycles. The van der Waals surface area contributed by atoms with Crippen LogP contribution in [0.3, 0.4) is 0 Å². The van der Waals surface area contributed by atoms with Crippen molar-refractivity contribution in [2.75, 3.05) is 11.5 Å². The van der Waals surface area contributed by atoms with Gasteiger partial charge < -0.3 is 11.1 Å². The Labute approximate surface area is 96.6 Å². The van der Waals surface area contributed by atoms with Gasteiger partial charge in [-0.15, -0.1) is 0 Å². The third kappa shape index (κ3) is 5.42. The molecule has 3 nitrogen and oxygen atoms in total. The number of rotatable bonds is 6. The van der Waals surface area contributed by atoms with E-state index in [2.05, 4.69) is 12.2 Å². The Hall–Kier alpha value is -0.220. The molecule has 0 saturated heterocycles. The minimum Gasteiger partial charge on any atom is -0.353 e. The highest BCUT2D eigenvalue weighted by atomic mass is 32.2. The Kier molecular flexibility index (Phi) is 6.10. The predicted octanol–water partition coefficient (Wildman–Crippen LogP) is 1.52. The van der Waals surface area contributed by atoms with Crippen molar-refractivity contribution in [2.45, 2.75) is 51.1 Å². The highest BCUT2D eigenvalue weighted by Crippen LogP contribution is 2.17. The summed E-state index contributed by atoms with van der Waals surface area (Å²) in [6, 6.07) is 0.673. The molecule has 1 unspecified atom stereocenters. The van der Waals surface area contributed by atoms with Crippen LogP contribution in [0.5, 0.6) is 0 Å². The minimum atomic E-state index is 0.176. The molecule has 0 heterocycles. The Balaban J connectivity index is 2.02. The van der Waals surface area contributed by atoms with Gasteiger partial charge in [0.05, 0.1) is 5.75 Å². The number of hydrogen-bond acceptors (Lipinski definition) is 3. The lowest BCUT2D eigenvalue weighted by Crippen LogP contribution is -2.34. The maximum absolute atomic E-state index is 11.5. The van der Waals surface area contributed by atoms with Crippen LogP contribution in [-0.4, -0.2) is 29.5 Å². The van der Waals surface area contributed by atoms with Gasteiger partial charge in [0, 0.05) is 17.8 Å². The molecule has 15 heavy (non-hydrogen) atoms. The summed E-state index contributed by atoms with van der Waals surface area (Å²) in [7, 11) is 0. The third-order valence-corrected chi connectivity index (χ3v) is 3.94. The van der Waals surface area contributed by atoms with E-state index in [0.717, 1.165) is 25.0 Å². The minimum absolute atomic E-state index is 0.176. The second-order valence-corrected chi connectivity index (χ2v) is 5.26. The van der Waals surface area contributed by atoms with E-state index in [9.17, 15) is 4.79 Å². The van der Waals surface area contributed by atoms with Crippen molar-refractivity contribution in [3.05, 3.63) is 0 Å². The summed E-state index contributed by atoms with van der Waals surface area (Å²) >= 11 is 1.64. The molecule has 1 saturated carbocycles. The van der Waals surface area contributed by atoms with E-state index in [1.54, 1.807) is 11.8 Å². The lowest BCUT2D eigenvalue weighted by Gasteiger charge is -2.12. The van der Waals surface area contributed by atoms with Gasteiger partial charge in [-0.3, -0.25) is 4.79 Å². The first-order valence-electron chi connectivity index (χ1n) is 5.85. The van der Waals surface area contributed by atoms with Crippen LogP contribution in [0, 0.1) is 0 Å². The summed E-state index contributed by atoms with van der Waals surface area (Å²) in [5, 5.41) is 3.07. The van der Waals surface area contributed by atoms with Crippen LogP contribution in [0.2, 0.25) is 0 Å². The van der Waals surface area contributed by atoms with E-state index in [0.29, 0.717) is 11.8 Å². The average molecular weight is 230 g/mol. The number of amides is 1. The van der Waals surface area contributed by atoms with Crippen molar-refractivity contribution in [2.24, 2.45) is 5.73 Å². The molecule has 0 radical (unpaired) electrons. The van der Waals surface area contributed by atoms with Gasteiger partial charge in [-0.1, -0.05) is 19.8 Å². The van der Waals surface area contributed by atoms with Crippen LogP contribution in [0.1, 0.15) is 39.0 Å². The molecule has 3 N–H and O–H groups in total.